The van der Waals surface area contributed by atoms with Crippen molar-refractivity contribution in [2.75, 3.05) is 6.61 Å². The van der Waals surface area contributed by atoms with Crippen LogP contribution in [0.4, 0.5) is 0 Å². The number of aryl methyl sites for hydroxylation is 1. The lowest BCUT2D eigenvalue weighted by Crippen LogP contribution is -2.11. The van der Waals surface area contributed by atoms with Crippen LogP contribution in [0.15, 0.2) is 46.9 Å². The van der Waals surface area contributed by atoms with Gasteiger partial charge in [0.2, 0.25) is 0 Å². The van der Waals surface area contributed by atoms with E-state index in [4.69, 9.17) is 9.47 Å². The largest absolute Gasteiger partial charge is 0.507 e. The molecule has 0 aliphatic heterocycles. The Morgan fingerprint density at radius 1 is 1.24 bits per heavy atom. The molecule has 3 rings (SSSR count). The SMILES string of the molecule is CCOC(=O)c1c(COc2ccccc2)n(C)c2cc(Br)c(O)cc12. The maximum absolute atomic E-state index is 12.5. The average molecular weight is 404 g/mol. The molecular weight excluding hydrogens is 386 g/mol. The first-order valence-corrected chi connectivity index (χ1v) is 8.67. The van der Waals surface area contributed by atoms with Gasteiger partial charge < -0.3 is 19.1 Å². The Balaban J connectivity index is 2.10. The van der Waals surface area contributed by atoms with Crippen molar-refractivity contribution >= 4 is 32.8 Å². The van der Waals surface area contributed by atoms with Gasteiger partial charge in [-0.15, -0.1) is 0 Å². The molecule has 1 N–H and O–H groups in total. The second kappa shape index (κ2) is 7.19. The van der Waals surface area contributed by atoms with E-state index in [-0.39, 0.29) is 19.0 Å². The minimum atomic E-state index is -0.429. The van der Waals surface area contributed by atoms with E-state index in [1.165, 1.54) is 0 Å². The van der Waals surface area contributed by atoms with E-state index in [2.05, 4.69) is 15.9 Å². The van der Waals surface area contributed by atoms with Crippen molar-refractivity contribution in [2.24, 2.45) is 7.05 Å². The first-order chi connectivity index (χ1) is 12.0. The molecule has 0 saturated heterocycles. The van der Waals surface area contributed by atoms with Crippen LogP contribution in [-0.2, 0) is 18.4 Å². The second-order valence-corrected chi connectivity index (χ2v) is 6.38. The third kappa shape index (κ3) is 3.35. The summed E-state index contributed by atoms with van der Waals surface area (Å²) in [6, 6.07) is 12.7. The molecule has 0 unspecified atom stereocenters. The molecule has 0 amide bonds. The molecule has 0 spiro atoms. The number of phenolic OH excluding ortho intramolecular Hbond substituents is 1. The topological polar surface area (TPSA) is 60.7 Å². The number of benzene rings is 2. The molecule has 2 aromatic carbocycles. The fourth-order valence-corrected chi connectivity index (χ4v) is 3.10. The highest BCUT2D eigenvalue weighted by molar-refractivity contribution is 9.10. The quantitative estimate of drug-likeness (QED) is 0.641. The Morgan fingerprint density at radius 2 is 1.96 bits per heavy atom. The summed E-state index contributed by atoms with van der Waals surface area (Å²) in [4.78, 5) is 12.5. The number of nitrogens with zero attached hydrogens (tertiary/aromatic N) is 1. The van der Waals surface area contributed by atoms with E-state index >= 15 is 0 Å². The van der Waals surface area contributed by atoms with Crippen molar-refractivity contribution < 1.29 is 19.4 Å². The van der Waals surface area contributed by atoms with Crippen LogP contribution in [0.3, 0.4) is 0 Å². The summed E-state index contributed by atoms with van der Waals surface area (Å²) in [6.45, 7) is 2.25. The zero-order valence-electron chi connectivity index (χ0n) is 14.0. The molecule has 130 valence electrons. The number of fused-ring (bicyclic) bond motifs is 1. The Labute approximate surface area is 153 Å². The minimum absolute atomic E-state index is 0.0687. The van der Waals surface area contributed by atoms with Gasteiger partial charge in [-0.3, -0.25) is 0 Å². The van der Waals surface area contributed by atoms with Crippen LogP contribution in [-0.4, -0.2) is 22.2 Å². The number of phenols is 1. The van der Waals surface area contributed by atoms with Gasteiger partial charge in [-0.05, 0) is 47.1 Å². The van der Waals surface area contributed by atoms with E-state index in [0.717, 1.165) is 5.52 Å². The van der Waals surface area contributed by atoms with Gasteiger partial charge in [0.05, 0.1) is 27.9 Å². The van der Waals surface area contributed by atoms with Crippen molar-refractivity contribution in [3.8, 4) is 11.5 Å². The third-order valence-corrected chi connectivity index (χ3v) is 4.62. The van der Waals surface area contributed by atoms with Crippen molar-refractivity contribution in [3.63, 3.8) is 0 Å². The van der Waals surface area contributed by atoms with Gasteiger partial charge in [-0.25, -0.2) is 4.79 Å². The first kappa shape index (κ1) is 17.4. The summed E-state index contributed by atoms with van der Waals surface area (Å²) in [7, 11) is 1.86. The van der Waals surface area contributed by atoms with Crippen molar-refractivity contribution in [3.05, 3.63) is 58.2 Å². The van der Waals surface area contributed by atoms with Crippen molar-refractivity contribution in [1.82, 2.24) is 4.57 Å². The molecule has 0 saturated carbocycles. The van der Waals surface area contributed by atoms with E-state index in [1.807, 2.05) is 41.9 Å². The lowest BCUT2D eigenvalue weighted by molar-refractivity contribution is 0.0525. The first-order valence-electron chi connectivity index (χ1n) is 7.87. The van der Waals surface area contributed by atoms with Gasteiger partial charge in [0.1, 0.15) is 18.1 Å². The number of para-hydroxylation sites is 1. The maximum Gasteiger partial charge on any atom is 0.340 e. The molecule has 0 bridgehead atoms. The molecule has 25 heavy (non-hydrogen) atoms. The molecule has 0 fully saturated rings. The normalized spacial score (nSPS) is 10.8. The molecule has 6 heteroatoms. The minimum Gasteiger partial charge on any atom is -0.507 e. The predicted molar refractivity (Wildman–Crippen MR) is 99.0 cm³/mol. The Bertz CT molecular complexity index is 918. The highest BCUT2D eigenvalue weighted by atomic mass is 79.9. The van der Waals surface area contributed by atoms with Crippen molar-refractivity contribution in [2.45, 2.75) is 13.5 Å². The van der Waals surface area contributed by atoms with E-state index in [1.54, 1.807) is 19.1 Å². The van der Waals surface area contributed by atoms with Crippen LogP contribution < -0.4 is 4.74 Å². The molecule has 0 radical (unpaired) electrons. The number of rotatable bonds is 5. The van der Waals surface area contributed by atoms with Crippen LogP contribution in [0.5, 0.6) is 11.5 Å². The number of hydrogen-bond acceptors (Lipinski definition) is 4. The number of carbonyl (C=O) groups is 1. The summed E-state index contributed by atoms with van der Waals surface area (Å²) in [5, 5.41) is 10.7. The summed E-state index contributed by atoms with van der Waals surface area (Å²) in [5.74, 6) is 0.354. The van der Waals surface area contributed by atoms with E-state index in [9.17, 15) is 9.90 Å². The molecule has 0 aliphatic carbocycles. The van der Waals surface area contributed by atoms with Gasteiger partial charge in [-0.2, -0.15) is 0 Å². The smallest absolute Gasteiger partial charge is 0.340 e. The van der Waals surface area contributed by atoms with Crippen LogP contribution >= 0.6 is 15.9 Å². The van der Waals surface area contributed by atoms with Gasteiger partial charge in [0.15, 0.2) is 0 Å². The van der Waals surface area contributed by atoms with Crippen LogP contribution in [0.1, 0.15) is 23.0 Å². The molecule has 0 atom stereocenters. The predicted octanol–water partition coefficient (Wildman–Crippen LogP) is 4.40. The Kier molecular flexibility index (Phi) is 4.99. The van der Waals surface area contributed by atoms with Crippen molar-refractivity contribution in [1.29, 1.82) is 0 Å². The fourth-order valence-electron chi connectivity index (χ4n) is 2.77. The highest BCUT2D eigenvalue weighted by Gasteiger charge is 2.23. The number of esters is 1. The monoisotopic (exact) mass is 403 g/mol. The molecule has 1 aromatic heterocycles. The molecule has 3 aromatic rings. The van der Waals surface area contributed by atoms with Gasteiger partial charge >= 0.3 is 5.97 Å². The lowest BCUT2D eigenvalue weighted by Gasteiger charge is -2.10. The summed E-state index contributed by atoms with van der Waals surface area (Å²) >= 11 is 3.32. The maximum atomic E-state index is 12.5. The highest BCUT2D eigenvalue weighted by Crippen LogP contribution is 2.34. The summed E-state index contributed by atoms with van der Waals surface area (Å²) < 4.78 is 13.5. The number of aromatic hydroxyl groups is 1. The standard InChI is InChI=1S/C19H18BrNO4/c1-3-24-19(23)18-13-9-17(22)14(20)10-15(13)21(2)16(18)11-25-12-7-5-4-6-8-12/h4-10,22H,3,11H2,1-2H3. The summed E-state index contributed by atoms with van der Waals surface area (Å²) in [6.07, 6.45) is 0. The number of carbonyl (C=O) groups excluding carboxylic acids is 1. The number of ether oxygens (including phenoxy) is 2. The number of halogens is 1. The lowest BCUT2D eigenvalue weighted by atomic mass is 10.1. The average Bonchev–Trinajstić information content (AvgIpc) is 2.86. The summed E-state index contributed by atoms with van der Waals surface area (Å²) in [5.41, 5.74) is 1.91. The number of hydrogen-bond donors (Lipinski definition) is 1. The van der Waals surface area contributed by atoms with E-state index < -0.39 is 5.97 Å². The van der Waals surface area contributed by atoms with E-state index in [0.29, 0.717) is 26.9 Å². The zero-order chi connectivity index (χ0) is 18.0. The molecule has 5 nitrogen and oxygen atoms in total. The Hall–Kier alpha value is -2.47. The molecule has 0 aliphatic rings. The molecular formula is C19H18BrNO4. The van der Waals surface area contributed by atoms with Crippen LogP contribution in [0.25, 0.3) is 10.9 Å². The van der Waals surface area contributed by atoms with Gasteiger partial charge in [0, 0.05) is 12.4 Å². The van der Waals surface area contributed by atoms with Crippen LogP contribution in [0.2, 0.25) is 0 Å². The van der Waals surface area contributed by atoms with Gasteiger partial charge in [0.25, 0.3) is 0 Å². The zero-order valence-corrected chi connectivity index (χ0v) is 15.5. The van der Waals surface area contributed by atoms with Gasteiger partial charge in [-0.1, -0.05) is 18.2 Å². The Morgan fingerprint density at radius 3 is 2.64 bits per heavy atom. The fraction of sp³-hybridized carbons (Fsp3) is 0.211. The third-order valence-electron chi connectivity index (χ3n) is 3.99. The second-order valence-electron chi connectivity index (χ2n) is 5.52. The van der Waals surface area contributed by atoms with Crippen LogP contribution in [0, 0.1) is 0 Å². The number of aromatic nitrogens is 1. The molecule has 1 heterocycles.